The first-order chi connectivity index (χ1) is 8.69. The van der Waals surface area contributed by atoms with Gasteiger partial charge in [-0.15, -0.1) is 0 Å². The van der Waals surface area contributed by atoms with Gasteiger partial charge < -0.3 is 10.1 Å². The van der Waals surface area contributed by atoms with Crippen molar-refractivity contribution < 1.29 is 9.53 Å². The monoisotopic (exact) mass is 249 g/mol. The predicted octanol–water partition coefficient (Wildman–Crippen LogP) is 2.79. The molecule has 0 aliphatic rings. The van der Waals surface area contributed by atoms with Crippen LogP contribution >= 0.6 is 0 Å². The van der Waals surface area contributed by atoms with Gasteiger partial charge in [-0.2, -0.15) is 0 Å². The lowest BCUT2D eigenvalue weighted by atomic mass is 10.0. The summed E-state index contributed by atoms with van der Waals surface area (Å²) in [5, 5.41) is 2.99. The van der Waals surface area contributed by atoms with Crippen molar-refractivity contribution in [2.75, 3.05) is 13.7 Å². The highest BCUT2D eigenvalue weighted by molar-refractivity contribution is 5.78. The van der Waals surface area contributed by atoms with E-state index in [9.17, 15) is 4.79 Å². The molecule has 0 aliphatic heterocycles. The summed E-state index contributed by atoms with van der Waals surface area (Å²) in [4.78, 5) is 11.8. The van der Waals surface area contributed by atoms with Crippen LogP contribution in [-0.4, -0.2) is 19.6 Å². The maximum Gasteiger partial charge on any atom is 0.224 e. The number of methoxy groups -OCH3 is 1. The first kappa shape index (κ1) is 14.6. The molecule has 1 N–H and O–H groups in total. The van der Waals surface area contributed by atoms with Gasteiger partial charge in [0, 0.05) is 6.54 Å². The second kappa shape index (κ2) is 7.75. The van der Waals surface area contributed by atoms with E-state index in [1.54, 1.807) is 7.11 Å². The summed E-state index contributed by atoms with van der Waals surface area (Å²) in [5.74, 6) is 1.49. The van der Waals surface area contributed by atoms with E-state index in [0.717, 1.165) is 30.7 Å². The van der Waals surface area contributed by atoms with Crippen molar-refractivity contribution in [3.8, 4) is 5.75 Å². The average Bonchev–Trinajstić information content (AvgIpc) is 2.41. The zero-order valence-electron chi connectivity index (χ0n) is 11.5. The Bertz CT molecular complexity index is 355. The van der Waals surface area contributed by atoms with Gasteiger partial charge in [0.05, 0.1) is 13.5 Å². The Labute approximate surface area is 110 Å². The minimum atomic E-state index is 0.0899. The Balaban J connectivity index is 2.39. The molecule has 0 fully saturated rings. The van der Waals surface area contributed by atoms with Crippen LogP contribution < -0.4 is 10.1 Å². The molecule has 3 heteroatoms. The first-order valence-corrected chi connectivity index (χ1v) is 6.59. The molecule has 0 spiro atoms. The lowest BCUT2D eigenvalue weighted by Gasteiger charge is -2.13. The molecule has 18 heavy (non-hydrogen) atoms. The van der Waals surface area contributed by atoms with E-state index in [1.807, 2.05) is 24.3 Å². The van der Waals surface area contributed by atoms with Crippen LogP contribution in [0, 0.1) is 5.92 Å². The molecule has 0 heterocycles. The van der Waals surface area contributed by atoms with E-state index in [4.69, 9.17) is 4.74 Å². The van der Waals surface area contributed by atoms with E-state index < -0.39 is 0 Å². The maximum atomic E-state index is 11.8. The third kappa shape index (κ3) is 4.78. The predicted molar refractivity (Wildman–Crippen MR) is 73.8 cm³/mol. The van der Waals surface area contributed by atoms with Gasteiger partial charge in [-0.1, -0.05) is 38.8 Å². The number of nitrogens with one attached hydrogen (secondary N) is 1. The number of hydrogen-bond acceptors (Lipinski definition) is 2. The zero-order chi connectivity index (χ0) is 13.4. The van der Waals surface area contributed by atoms with Gasteiger partial charge in [0.15, 0.2) is 0 Å². The normalized spacial score (nSPS) is 10.4. The second-order valence-electron chi connectivity index (χ2n) is 4.51. The Morgan fingerprint density at radius 3 is 2.33 bits per heavy atom. The molecular formula is C15H23NO2. The van der Waals surface area contributed by atoms with Crippen molar-refractivity contribution in [1.29, 1.82) is 0 Å². The third-order valence-corrected chi connectivity index (χ3v) is 3.27. The van der Waals surface area contributed by atoms with Crippen molar-refractivity contribution in [1.82, 2.24) is 5.32 Å². The number of ether oxygens (including phenoxy) is 1. The van der Waals surface area contributed by atoms with Gasteiger partial charge in [-0.3, -0.25) is 4.79 Å². The number of carbonyl (C=O) groups is 1. The molecule has 0 aliphatic carbocycles. The fourth-order valence-corrected chi connectivity index (χ4v) is 1.83. The van der Waals surface area contributed by atoms with Gasteiger partial charge in [-0.05, 0) is 23.6 Å². The Morgan fingerprint density at radius 1 is 1.22 bits per heavy atom. The Hall–Kier alpha value is -1.51. The topological polar surface area (TPSA) is 38.3 Å². The molecule has 1 amide bonds. The summed E-state index contributed by atoms with van der Waals surface area (Å²) in [5.41, 5.74) is 1.01. The SMILES string of the molecule is CCC(CC)CNC(=O)Cc1ccc(OC)cc1. The van der Waals surface area contributed by atoms with Crippen molar-refractivity contribution >= 4 is 5.91 Å². The quantitative estimate of drug-likeness (QED) is 0.807. The third-order valence-electron chi connectivity index (χ3n) is 3.27. The highest BCUT2D eigenvalue weighted by Gasteiger charge is 2.07. The van der Waals surface area contributed by atoms with E-state index in [2.05, 4.69) is 19.2 Å². The summed E-state index contributed by atoms with van der Waals surface area (Å²) >= 11 is 0. The smallest absolute Gasteiger partial charge is 0.224 e. The van der Waals surface area contributed by atoms with Crippen LogP contribution in [0.5, 0.6) is 5.75 Å². The van der Waals surface area contributed by atoms with Crippen molar-refractivity contribution in [2.45, 2.75) is 33.1 Å². The Kier molecular flexibility index (Phi) is 6.26. The lowest BCUT2D eigenvalue weighted by molar-refractivity contribution is -0.120. The van der Waals surface area contributed by atoms with Gasteiger partial charge in [-0.25, -0.2) is 0 Å². The van der Waals surface area contributed by atoms with E-state index in [1.165, 1.54) is 0 Å². The minimum Gasteiger partial charge on any atom is -0.497 e. The zero-order valence-corrected chi connectivity index (χ0v) is 11.5. The molecule has 1 rings (SSSR count). The second-order valence-corrected chi connectivity index (χ2v) is 4.51. The number of amides is 1. The highest BCUT2D eigenvalue weighted by Crippen LogP contribution is 2.11. The Morgan fingerprint density at radius 2 is 1.83 bits per heavy atom. The average molecular weight is 249 g/mol. The summed E-state index contributed by atoms with van der Waals surface area (Å²) < 4.78 is 5.08. The summed E-state index contributed by atoms with van der Waals surface area (Å²) in [6.45, 7) is 5.09. The van der Waals surface area contributed by atoms with Gasteiger partial charge in [0.2, 0.25) is 5.91 Å². The number of carbonyl (C=O) groups excluding carboxylic acids is 1. The van der Waals surface area contributed by atoms with Crippen LogP contribution in [-0.2, 0) is 11.2 Å². The van der Waals surface area contributed by atoms with Crippen LogP contribution in [0.2, 0.25) is 0 Å². The molecule has 3 nitrogen and oxygen atoms in total. The standard InChI is InChI=1S/C15H23NO2/c1-4-12(5-2)11-16-15(17)10-13-6-8-14(18-3)9-7-13/h6-9,12H,4-5,10-11H2,1-3H3,(H,16,17). The summed E-state index contributed by atoms with van der Waals surface area (Å²) in [6, 6.07) is 7.61. The van der Waals surface area contributed by atoms with E-state index in [0.29, 0.717) is 12.3 Å². The lowest BCUT2D eigenvalue weighted by Crippen LogP contribution is -2.30. The molecule has 0 saturated heterocycles. The van der Waals surface area contributed by atoms with Crippen LogP contribution in [0.15, 0.2) is 24.3 Å². The molecular weight excluding hydrogens is 226 g/mol. The largest absolute Gasteiger partial charge is 0.497 e. The maximum absolute atomic E-state index is 11.8. The van der Waals surface area contributed by atoms with Crippen molar-refractivity contribution in [3.63, 3.8) is 0 Å². The number of hydrogen-bond donors (Lipinski definition) is 1. The van der Waals surface area contributed by atoms with Crippen LogP contribution in [0.25, 0.3) is 0 Å². The van der Waals surface area contributed by atoms with Gasteiger partial charge in [0.1, 0.15) is 5.75 Å². The minimum absolute atomic E-state index is 0.0899. The van der Waals surface area contributed by atoms with Crippen molar-refractivity contribution in [2.24, 2.45) is 5.92 Å². The molecule has 0 unspecified atom stereocenters. The molecule has 1 aromatic rings. The van der Waals surface area contributed by atoms with E-state index in [-0.39, 0.29) is 5.91 Å². The summed E-state index contributed by atoms with van der Waals surface area (Å²) in [6.07, 6.45) is 2.66. The van der Waals surface area contributed by atoms with Crippen molar-refractivity contribution in [3.05, 3.63) is 29.8 Å². The molecule has 1 aromatic carbocycles. The van der Waals surface area contributed by atoms with Gasteiger partial charge in [0.25, 0.3) is 0 Å². The van der Waals surface area contributed by atoms with Crippen LogP contribution in [0.1, 0.15) is 32.3 Å². The van der Waals surface area contributed by atoms with Crippen LogP contribution in [0.4, 0.5) is 0 Å². The molecule has 0 atom stereocenters. The highest BCUT2D eigenvalue weighted by atomic mass is 16.5. The van der Waals surface area contributed by atoms with Gasteiger partial charge >= 0.3 is 0 Å². The molecule has 0 radical (unpaired) electrons. The molecule has 0 bridgehead atoms. The molecule has 0 saturated carbocycles. The fourth-order valence-electron chi connectivity index (χ4n) is 1.83. The fraction of sp³-hybridized carbons (Fsp3) is 0.533. The van der Waals surface area contributed by atoms with Crippen LogP contribution in [0.3, 0.4) is 0 Å². The molecule has 100 valence electrons. The number of benzene rings is 1. The molecule has 0 aromatic heterocycles. The number of rotatable bonds is 7. The summed E-state index contributed by atoms with van der Waals surface area (Å²) in [7, 11) is 1.64. The first-order valence-electron chi connectivity index (χ1n) is 6.59. The van der Waals surface area contributed by atoms with E-state index >= 15 is 0 Å².